The van der Waals surface area contributed by atoms with Gasteiger partial charge in [-0.1, -0.05) is 24.4 Å². The minimum Gasteiger partial charge on any atom is -0.127 e. The molecule has 0 atom stereocenters. The standard InChI is InChI=1S/C10H6S8/c1-13-3-5-7(17-9(11)15-5)4(14-2)8-6(3)16-10(12)18-8/h1-2H3. The Hall–Kier alpha value is 0.980. The quantitative estimate of drug-likeness (QED) is 0.341. The van der Waals surface area contributed by atoms with Crippen LogP contribution < -0.4 is 0 Å². The smallest absolute Gasteiger partial charge is 0.127 e. The fourth-order valence-corrected chi connectivity index (χ4v) is 9.83. The number of rotatable bonds is 2. The summed E-state index contributed by atoms with van der Waals surface area (Å²) in [5.41, 5.74) is 0. The molecule has 0 unspecified atom stereocenters. The van der Waals surface area contributed by atoms with Gasteiger partial charge in [-0.25, -0.2) is 0 Å². The van der Waals surface area contributed by atoms with Crippen LogP contribution in [-0.2, 0) is 0 Å². The topological polar surface area (TPSA) is 0 Å². The van der Waals surface area contributed by atoms with Crippen LogP contribution in [0.5, 0.6) is 0 Å². The predicted octanol–water partition coefficient (Wildman–Crippen LogP) is 7.14. The zero-order valence-corrected chi connectivity index (χ0v) is 15.8. The molecular weight excluding hydrogens is 377 g/mol. The molecule has 1 aromatic carbocycles. The molecule has 8 heteroatoms. The van der Waals surface area contributed by atoms with Crippen molar-refractivity contribution in [3.63, 3.8) is 0 Å². The molecule has 0 radical (unpaired) electrons. The van der Waals surface area contributed by atoms with Gasteiger partial charge in [0.15, 0.2) is 0 Å². The summed E-state index contributed by atoms with van der Waals surface area (Å²) in [4.78, 5) is 2.71. The van der Waals surface area contributed by atoms with E-state index in [4.69, 9.17) is 24.4 Å². The highest BCUT2D eigenvalue weighted by Gasteiger charge is 2.17. The van der Waals surface area contributed by atoms with Crippen LogP contribution in [0.2, 0.25) is 0 Å². The van der Waals surface area contributed by atoms with Crippen LogP contribution >= 0.6 is 93.3 Å². The highest BCUT2D eigenvalue weighted by Crippen LogP contribution is 2.49. The van der Waals surface area contributed by atoms with Crippen LogP contribution in [0.25, 0.3) is 18.8 Å². The SMILES string of the molecule is CSc1c2sc(=S)sc2c(SC)c2sc(=S)sc12. The zero-order chi connectivity index (χ0) is 12.9. The van der Waals surface area contributed by atoms with Gasteiger partial charge in [0.2, 0.25) is 0 Å². The molecule has 0 nitrogen and oxygen atoms in total. The normalized spacial score (nSPS) is 11.7. The number of thioether (sulfide) groups is 2. The van der Waals surface area contributed by atoms with E-state index in [1.165, 1.54) is 28.6 Å². The molecule has 0 amide bonds. The van der Waals surface area contributed by atoms with E-state index in [1.807, 2.05) is 0 Å². The molecule has 3 aromatic rings. The summed E-state index contributed by atoms with van der Waals surface area (Å²) in [5.74, 6) is 0. The van der Waals surface area contributed by atoms with Crippen molar-refractivity contribution in [3.05, 3.63) is 6.28 Å². The Bertz CT molecular complexity index is 712. The second-order valence-corrected chi connectivity index (χ2v) is 11.4. The van der Waals surface area contributed by atoms with E-state index in [0.29, 0.717) is 0 Å². The summed E-state index contributed by atoms with van der Waals surface area (Å²) in [5, 5.41) is 0. The molecule has 0 spiro atoms. The Labute approximate surface area is 139 Å². The largest absolute Gasteiger partial charge is 0.144 e. The molecule has 0 bridgehead atoms. The van der Waals surface area contributed by atoms with Crippen molar-refractivity contribution in [1.82, 2.24) is 0 Å². The van der Waals surface area contributed by atoms with Crippen molar-refractivity contribution >= 4 is 112 Å². The third kappa shape index (κ3) is 2.14. The average Bonchev–Trinajstić information content (AvgIpc) is 2.87. The Morgan fingerprint density at radius 2 is 0.944 bits per heavy atom. The second-order valence-electron chi connectivity index (χ2n) is 3.29. The summed E-state index contributed by atoms with van der Waals surface area (Å²) >= 11 is 21.3. The average molecular weight is 383 g/mol. The highest BCUT2D eigenvalue weighted by molar-refractivity contribution is 8.00. The lowest BCUT2D eigenvalue weighted by atomic mass is 10.3. The van der Waals surface area contributed by atoms with Gasteiger partial charge in [0.1, 0.15) is 6.28 Å². The van der Waals surface area contributed by atoms with Gasteiger partial charge in [-0.3, -0.25) is 0 Å². The van der Waals surface area contributed by atoms with E-state index >= 15 is 0 Å². The van der Waals surface area contributed by atoms with Crippen LogP contribution in [-0.4, -0.2) is 12.5 Å². The van der Waals surface area contributed by atoms with E-state index in [9.17, 15) is 0 Å². The van der Waals surface area contributed by atoms with Crippen LogP contribution in [0.3, 0.4) is 0 Å². The first-order valence-corrected chi connectivity index (χ1v) is 11.3. The molecule has 0 saturated carbocycles. The van der Waals surface area contributed by atoms with Crippen LogP contribution in [0.1, 0.15) is 0 Å². The molecule has 0 fully saturated rings. The molecule has 0 N–H and O–H groups in total. The number of benzene rings is 1. The minimum atomic E-state index is 1.01. The molecule has 3 rings (SSSR count). The van der Waals surface area contributed by atoms with E-state index in [1.54, 1.807) is 68.9 Å². The van der Waals surface area contributed by atoms with Crippen molar-refractivity contribution in [2.24, 2.45) is 0 Å². The number of hydrogen-bond donors (Lipinski definition) is 0. The fraction of sp³-hybridized carbons (Fsp3) is 0.200. The third-order valence-electron chi connectivity index (χ3n) is 2.39. The Balaban J connectivity index is 2.67. The Morgan fingerprint density at radius 3 is 1.17 bits per heavy atom. The maximum atomic E-state index is 5.37. The van der Waals surface area contributed by atoms with Gasteiger partial charge in [-0.15, -0.1) is 68.9 Å². The van der Waals surface area contributed by atoms with Gasteiger partial charge in [0.05, 0.1) is 18.8 Å². The Morgan fingerprint density at radius 1 is 0.667 bits per heavy atom. The molecule has 0 aliphatic carbocycles. The van der Waals surface area contributed by atoms with Crippen molar-refractivity contribution in [2.75, 3.05) is 12.5 Å². The first kappa shape index (κ1) is 13.9. The number of hydrogen-bond acceptors (Lipinski definition) is 8. The zero-order valence-electron chi connectivity index (χ0n) is 9.27. The minimum absolute atomic E-state index is 1.01. The monoisotopic (exact) mass is 382 g/mol. The molecule has 0 aliphatic rings. The van der Waals surface area contributed by atoms with Gasteiger partial charge in [-0.2, -0.15) is 0 Å². The maximum Gasteiger partial charge on any atom is 0.144 e. The van der Waals surface area contributed by atoms with E-state index in [2.05, 4.69) is 12.5 Å². The Kier molecular flexibility index (Phi) is 4.18. The third-order valence-corrected chi connectivity index (χ3v) is 9.91. The van der Waals surface area contributed by atoms with Crippen LogP contribution in [0.4, 0.5) is 0 Å². The molecule has 0 aliphatic heterocycles. The van der Waals surface area contributed by atoms with Gasteiger partial charge in [-0.05, 0) is 12.5 Å². The lowest BCUT2D eigenvalue weighted by Gasteiger charge is -2.05. The predicted molar refractivity (Wildman–Crippen MR) is 98.2 cm³/mol. The summed E-state index contributed by atoms with van der Waals surface area (Å²) < 4.78 is 7.40. The molecular formula is C10H6S8. The first-order chi connectivity index (χ1) is 8.65. The van der Waals surface area contributed by atoms with Gasteiger partial charge >= 0.3 is 0 Å². The second kappa shape index (κ2) is 5.40. The summed E-state index contributed by atoms with van der Waals surface area (Å²) in [6.45, 7) is 0. The maximum absolute atomic E-state index is 5.37. The van der Waals surface area contributed by atoms with Crippen LogP contribution in [0.15, 0.2) is 9.79 Å². The van der Waals surface area contributed by atoms with Crippen molar-refractivity contribution < 1.29 is 0 Å². The molecule has 18 heavy (non-hydrogen) atoms. The van der Waals surface area contributed by atoms with Crippen LogP contribution in [0, 0.1) is 6.28 Å². The summed E-state index contributed by atoms with van der Waals surface area (Å²) in [6.07, 6.45) is 4.27. The summed E-state index contributed by atoms with van der Waals surface area (Å²) in [7, 11) is 0. The molecule has 94 valence electrons. The number of fused-ring (bicyclic) bond motifs is 2. The van der Waals surface area contributed by atoms with E-state index in [0.717, 1.165) is 6.28 Å². The molecule has 2 heterocycles. The van der Waals surface area contributed by atoms with Gasteiger partial charge < -0.3 is 0 Å². The fourth-order valence-electron chi connectivity index (χ4n) is 1.74. The lowest BCUT2D eigenvalue weighted by molar-refractivity contribution is 1.69. The van der Waals surface area contributed by atoms with Gasteiger partial charge in [0.25, 0.3) is 0 Å². The van der Waals surface area contributed by atoms with Crippen molar-refractivity contribution in [1.29, 1.82) is 0 Å². The molecule has 2 aromatic heterocycles. The van der Waals surface area contributed by atoms with E-state index < -0.39 is 0 Å². The lowest BCUT2D eigenvalue weighted by Crippen LogP contribution is -1.76. The van der Waals surface area contributed by atoms with Crippen molar-refractivity contribution in [2.45, 2.75) is 9.79 Å². The summed E-state index contributed by atoms with van der Waals surface area (Å²) in [6, 6.07) is 0. The highest BCUT2D eigenvalue weighted by atomic mass is 32.2. The molecule has 0 saturated heterocycles. The van der Waals surface area contributed by atoms with Gasteiger partial charge in [0, 0.05) is 9.79 Å². The first-order valence-electron chi connectivity index (χ1n) is 4.77. The van der Waals surface area contributed by atoms with Crippen molar-refractivity contribution in [3.8, 4) is 0 Å². The van der Waals surface area contributed by atoms with E-state index in [-0.39, 0.29) is 0 Å².